The lowest BCUT2D eigenvalue weighted by atomic mass is 10.3. The number of aliphatic imine (C=N–C) groups is 1. The molecular weight excluding hydrogens is 242 g/mol. The largest absolute Gasteiger partial charge is 0.546 e. The number of benzene rings is 1. The first-order chi connectivity index (χ1) is 8.65. The molecule has 0 fully saturated rings. The molecule has 1 aromatic carbocycles. The predicted octanol–water partition coefficient (Wildman–Crippen LogP) is 2.53. The fraction of sp³-hybridized carbons (Fsp3) is 0.231. The van der Waals surface area contributed by atoms with E-state index in [0.717, 1.165) is 17.0 Å². The van der Waals surface area contributed by atoms with Gasteiger partial charge in [-0.15, -0.1) is 0 Å². The minimum Gasteiger partial charge on any atom is -0.546 e. The summed E-state index contributed by atoms with van der Waals surface area (Å²) in [4.78, 5) is 4.46. The maximum Gasteiger partial charge on any atom is 0.229 e. The quantitative estimate of drug-likeness (QED) is 0.625. The molecule has 2 rings (SSSR count). The Kier molecular flexibility index (Phi) is 3.94. The average molecular weight is 259 g/mol. The van der Waals surface area contributed by atoms with Gasteiger partial charge in [0.05, 0.1) is 6.20 Å². The molecule has 0 aliphatic heterocycles. The van der Waals surface area contributed by atoms with Crippen LogP contribution in [0.1, 0.15) is 5.56 Å². The highest BCUT2D eigenvalue weighted by molar-refractivity contribution is 6.49. The Labute approximate surface area is 109 Å². The second-order valence-corrected chi connectivity index (χ2v) is 6.67. The van der Waals surface area contributed by atoms with E-state index in [1.807, 2.05) is 37.5 Å². The molecule has 5 heteroatoms. The molecular formula is C13H17N3OSi. The molecule has 1 aromatic heterocycles. The summed E-state index contributed by atoms with van der Waals surface area (Å²) in [6, 6.07) is 7.85. The molecule has 0 N–H and O–H groups in total. The lowest BCUT2D eigenvalue weighted by Gasteiger charge is -2.10. The van der Waals surface area contributed by atoms with Gasteiger partial charge in [-0.05, 0) is 25.2 Å². The van der Waals surface area contributed by atoms with Crippen molar-refractivity contribution in [1.82, 2.24) is 9.78 Å². The smallest absolute Gasteiger partial charge is 0.229 e. The fourth-order valence-corrected chi connectivity index (χ4v) is 2.28. The van der Waals surface area contributed by atoms with Crippen LogP contribution in [0.2, 0.25) is 13.1 Å². The minimum atomic E-state index is -1.11. The Morgan fingerprint density at radius 2 is 2.11 bits per heavy atom. The van der Waals surface area contributed by atoms with Crippen molar-refractivity contribution in [2.75, 3.05) is 0 Å². The van der Waals surface area contributed by atoms with Gasteiger partial charge in [0.15, 0.2) is 0 Å². The Hall–Kier alpha value is -1.88. The molecule has 1 heterocycles. The molecule has 2 aromatic rings. The number of aromatic nitrogens is 2. The molecule has 94 valence electrons. The molecule has 0 atom stereocenters. The van der Waals surface area contributed by atoms with Crippen LogP contribution in [0.5, 0.6) is 5.75 Å². The van der Waals surface area contributed by atoms with Gasteiger partial charge < -0.3 is 4.43 Å². The van der Waals surface area contributed by atoms with Gasteiger partial charge in [0.2, 0.25) is 9.04 Å². The fourth-order valence-electron chi connectivity index (χ4n) is 1.57. The molecule has 0 amide bonds. The average Bonchev–Trinajstić information content (AvgIpc) is 2.73. The van der Waals surface area contributed by atoms with Crippen LogP contribution < -0.4 is 4.43 Å². The van der Waals surface area contributed by atoms with Gasteiger partial charge in [-0.3, -0.25) is 9.67 Å². The third-order valence-corrected chi connectivity index (χ3v) is 3.03. The van der Waals surface area contributed by atoms with Crippen molar-refractivity contribution in [1.29, 1.82) is 0 Å². The van der Waals surface area contributed by atoms with Crippen molar-refractivity contribution < 1.29 is 4.43 Å². The van der Waals surface area contributed by atoms with Gasteiger partial charge in [0.25, 0.3) is 0 Å². The molecule has 0 bridgehead atoms. The summed E-state index contributed by atoms with van der Waals surface area (Å²) in [5, 5.41) is 4.10. The summed E-state index contributed by atoms with van der Waals surface area (Å²) in [7, 11) is 0.777. The van der Waals surface area contributed by atoms with Gasteiger partial charge in [-0.1, -0.05) is 12.1 Å². The lowest BCUT2D eigenvalue weighted by Crippen LogP contribution is -2.11. The summed E-state index contributed by atoms with van der Waals surface area (Å²) in [5.74, 6) is 0.860. The van der Waals surface area contributed by atoms with Crippen LogP contribution in [-0.2, 0) is 7.05 Å². The Bertz CT molecular complexity index is 549. The van der Waals surface area contributed by atoms with E-state index in [9.17, 15) is 0 Å². The van der Waals surface area contributed by atoms with Gasteiger partial charge in [-0.2, -0.15) is 5.10 Å². The van der Waals surface area contributed by atoms with Crippen molar-refractivity contribution in [3.05, 3.63) is 42.2 Å². The van der Waals surface area contributed by atoms with Crippen molar-refractivity contribution in [3.8, 4) is 5.75 Å². The van der Waals surface area contributed by atoms with E-state index < -0.39 is 9.04 Å². The van der Waals surface area contributed by atoms with E-state index in [1.54, 1.807) is 17.1 Å². The van der Waals surface area contributed by atoms with Crippen molar-refractivity contribution in [3.63, 3.8) is 0 Å². The molecule has 0 aliphatic carbocycles. The van der Waals surface area contributed by atoms with Crippen LogP contribution in [0.4, 0.5) is 5.69 Å². The Balaban J connectivity index is 2.20. The maximum atomic E-state index is 5.84. The molecule has 18 heavy (non-hydrogen) atoms. The maximum absolute atomic E-state index is 5.84. The van der Waals surface area contributed by atoms with Gasteiger partial charge >= 0.3 is 0 Å². The molecule has 0 saturated heterocycles. The first-order valence-corrected chi connectivity index (χ1v) is 8.71. The molecule has 0 aliphatic rings. The lowest BCUT2D eigenvalue weighted by molar-refractivity contribution is 0.582. The van der Waals surface area contributed by atoms with E-state index in [-0.39, 0.29) is 0 Å². The highest BCUT2D eigenvalue weighted by Crippen LogP contribution is 2.27. The van der Waals surface area contributed by atoms with Gasteiger partial charge in [0.1, 0.15) is 11.4 Å². The predicted molar refractivity (Wildman–Crippen MR) is 76.4 cm³/mol. The van der Waals surface area contributed by atoms with Crippen LogP contribution in [-0.4, -0.2) is 25.0 Å². The third-order valence-electron chi connectivity index (χ3n) is 2.31. The summed E-state index contributed by atoms with van der Waals surface area (Å²) in [6.07, 6.45) is 5.51. The van der Waals surface area contributed by atoms with E-state index in [4.69, 9.17) is 4.43 Å². The second kappa shape index (κ2) is 5.64. The van der Waals surface area contributed by atoms with Crippen LogP contribution >= 0.6 is 0 Å². The number of para-hydroxylation sites is 2. The zero-order valence-corrected chi connectivity index (χ0v) is 12.0. The molecule has 0 unspecified atom stereocenters. The van der Waals surface area contributed by atoms with Crippen molar-refractivity contribution >= 4 is 20.9 Å². The van der Waals surface area contributed by atoms with Crippen molar-refractivity contribution in [2.45, 2.75) is 13.1 Å². The van der Waals surface area contributed by atoms with Gasteiger partial charge in [0, 0.05) is 25.0 Å². The highest BCUT2D eigenvalue weighted by atomic mass is 28.3. The number of hydrogen-bond acceptors (Lipinski definition) is 3. The molecule has 0 radical (unpaired) electrons. The van der Waals surface area contributed by atoms with E-state index >= 15 is 0 Å². The van der Waals surface area contributed by atoms with Gasteiger partial charge in [-0.25, -0.2) is 0 Å². The number of aryl methyl sites for hydroxylation is 1. The number of nitrogens with zero attached hydrogens (tertiary/aromatic N) is 3. The monoisotopic (exact) mass is 259 g/mol. The molecule has 4 nitrogen and oxygen atoms in total. The number of rotatable bonds is 4. The summed E-state index contributed by atoms with van der Waals surface area (Å²) >= 11 is 0. The minimum absolute atomic E-state index is 0.860. The Morgan fingerprint density at radius 1 is 1.33 bits per heavy atom. The van der Waals surface area contributed by atoms with Crippen molar-refractivity contribution in [2.24, 2.45) is 12.0 Å². The van der Waals surface area contributed by atoms with Crippen LogP contribution in [0, 0.1) is 0 Å². The van der Waals surface area contributed by atoms with Crippen LogP contribution in [0.25, 0.3) is 0 Å². The summed E-state index contributed by atoms with van der Waals surface area (Å²) in [6.45, 7) is 4.28. The zero-order chi connectivity index (χ0) is 13.0. The summed E-state index contributed by atoms with van der Waals surface area (Å²) in [5.41, 5.74) is 1.84. The normalized spacial score (nSPS) is 11.3. The van der Waals surface area contributed by atoms with E-state index in [2.05, 4.69) is 23.2 Å². The Morgan fingerprint density at radius 3 is 2.78 bits per heavy atom. The number of hydrogen-bond donors (Lipinski definition) is 0. The topological polar surface area (TPSA) is 39.4 Å². The van der Waals surface area contributed by atoms with Crippen LogP contribution in [0.15, 0.2) is 41.7 Å². The SMILES string of the molecule is Cn1cc(C=Nc2ccccc2O[SiH](C)C)cn1. The first kappa shape index (κ1) is 12.6. The molecule has 0 saturated carbocycles. The third kappa shape index (κ3) is 3.30. The standard InChI is InChI=1S/C13H17N3OSi/c1-16-10-11(9-15-16)8-14-12-6-4-5-7-13(12)17-18(2)3/h4-10,18H,1-3H3. The molecule has 0 spiro atoms. The van der Waals surface area contributed by atoms with Crippen LogP contribution in [0.3, 0.4) is 0 Å². The second-order valence-electron chi connectivity index (χ2n) is 4.34. The first-order valence-electron chi connectivity index (χ1n) is 5.93. The summed E-state index contributed by atoms with van der Waals surface area (Å²) < 4.78 is 7.60. The van der Waals surface area contributed by atoms with E-state index in [1.165, 1.54) is 0 Å². The zero-order valence-electron chi connectivity index (χ0n) is 10.9. The van der Waals surface area contributed by atoms with E-state index in [0.29, 0.717) is 0 Å². The highest BCUT2D eigenvalue weighted by Gasteiger charge is 2.03.